The Morgan fingerprint density at radius 1 is 1.33 bits per heavy atom. The summed E-state index contributed by atoms with van der Waals surface area (Å²) >= 11 is 1.21. The van der Waals surface area contributed by atoms with Gasteiger partial charge in [-0.3, -0.25) is 15.6 Å². The molecule has 0 aliphatic rings. The molecule has 2 amide bonds. The highest BCUT2D eigenvalue weighted by Crippen LogP contribution is 2.34. The predicted octanol–water partition coefficient (Wildman–Crippen LogP) is 4.93. The van der Waals surface area contributed by atoms with Gasteiger partial charge in [-0.15, -0.1) is 11.3 Å². The van der Waals surface area contributed by atoms with E-state index in [9.17, 15) is 23.2 Å². The molecule has 0 aliphatic carbocycles. The first-order valence-electron chi connectivity index (χ1n) is 7.02. The third kappa shape index (κ3) is 4.18. The van der Waals surface area contributed by atoms with Gasteiger partial charge in [-0.1, -0.05) is 6.07 Å². The van der Waals surface area contributed by atoms with Gasteiger partial charge in [-0.05, 0) is 32.0 Å². The Labute approximate surface area is 140 Å². The summed E-state index contributed by atoms with van der Waals surface area (Å²) in [6.45, 7) is 3.88. The molecule has 0 saturated carbocycles. The molecule has 1 aromatic carbocycles. The van der Waals surface area contributed by atoms with Gasteiger partial charge < -0.3 is 5.32 Å². The fourth-order valence-corrected chi connectivity index (χ4v) is 2.96. The minimum absolute atomic E-state index is 0.0362. The van der Waals surface area contributed by atoms with Gasteiger partial charge in [0.1, 0.15) is 5.00 Å². The van der Waals surface area contributed by atoms with E-state index >= 15 is 0 Å². The van der Waals surface area contributed by atoms with Crippen LogP contribution in [0.3, 0.4) is 0 Å². The number of urea groups is 1. The van der Waals surface area contributed by atoms with Crippen molar-refractivity contribution in [3.8, 4) is 0 Å². The van der Waals surface area contributed by atoms with E-state index in [-0.39, 0.29) is 5.69 Å². The molecule has 0 saturated heterocycles. The van der Waals surface area contributed by atoms with Gasteiger partial charge >= 0.3 is 12.2 Å². The van der Waals surface area contributed by atoms with Crippen LogP contribution < -0.4 is 15.7 Å². The van der Waals surface area contributed by atoms with Crippen LogP contribution >= 0.6 is 11.3 Å². The van der Waals surface area contributed by atoms with E-state index in [4.69, 9.17) is 0 Å². The van der Waals surface area contributed by atoms with Crippen molar-refractivity contribution in [2.45, 2.75) is 20.0 Å². The van der Waals surface area contributed by atoms with Crippen LogP contribution in [0.1, 0.15) is 18.1 Å². The van der Waals surface area contributed by atoms with Crippen molar-refractivity contribution in [3.63, 3.8) is 0 Å². The van der Waals surface area contributed by atoms with Crippen molar-refractivity contribution >= 4 is 33.7 Å². The topological polar surface area (TPSA) is 64.6 Å². The molecule has 2 aromatic rings. The fourth-order valence-electron chi connectivity index (χ4n) is 1.99. The molecule has 3 N–H and O–H groups in total. The largest absolute Gasteiger partial charge is 0.416 e. The lowest BCUT2D eigenvalue weighted by Gasteiger charge is -2.14. The van der Waals surface area contributed by atoms with Crippen LogP contribution in [0.4, 0.5) is 34.3 Å². The van der Waals surface area contributed by atoms with Gasteiger partial charge in [0, 0.05) is 23.2 Å². The molecule has 0 fully saturated rings. The number of alkyl halides is 3. The number of anilines is 3. The van der Waals surface area contributed by atoms with Crippen LogP contribution in [0.25, 0.3) is 0 Å². The van der Waals surface area contributed by atoms with Crippen LogP contribution in [0.15, 0.2) is 29.6 Å². The molecule has 5 nitrogen and oxygen atoms in total. The summed E-state index contributed by atoms with van der Waals surface area (Å²) in [7, 11) is 0. The molecule has 1 aromatic heterocycles. The van der Waals surface area contributed by atoms with E-state index < -0.39 is 17.8 Å². The quantitative estimate of drug-likeness (QED) is 0.678. The Hall–Kier alpha value is -2.26. The lowest BCUT2D eigenvalue weighted by Crippen LogP contribution is -2.20. The first kappa shape index (κ1) is 18.1. The first-order valence-corrected chi connectivity index (χ1v) is 7.90. The number of rotatable bonds is 4. The minimum atomic E-state index is -4.47. The van der Waals surface area contributed by atoms with Gasteiger partial charge in [0.2, 0.25) is 0 Å². The van der Waals surface area contributed by atoms with Gasteiger partial charge in [-0.25, -0.2) is 4.79 Å². The predicted molar refractivity (Wildman–Crippen MR) is 87.9 cm³/mol. The molecule has 0 atom stereocenters. The fraction of sp³-hybridized carbons (Fsp3) is 0.267. The number of hydrogen-bond donors (Lipinski definition) is 3. The number of benzene rings is 1. The van der Waals surface area contributed by atoms with Crippen molar-refractivity contribution in [2.75, 3.05) is 22.2 Å². The van der Waals surface area contributed by atoms with Crippen molar-refractivity contribution in [2.24, 2.45) is 0 Å². The highest BCUT2D eigenvalue weighted by Gasteiger charge is 2.30. The molecule has 1 heterocycles. The number of hydroxylamine groups is 1. The van der Waals surface area contributed by atoms with E-state index in [1.165, 1.54) is 23.5 Å². The normalized spacial score (nSPS) is 11.2. The van der Waals surface area contributed by atoms with Crippen molar-refractivity contribution < 1.29 is 23.2 Å². The van der Waals surface area contributed by atoms with Crippen LogP contribution in [-0.4, -0.2) is 17.8 Å². The molecule has 9 heteroatoms. The number of nitrogens with one attached hydrogen (secondary N) is 2. The first-order chi connectivity index (χ1) is 11.2. The second-order valence-corrected chi connectivity index (χ2v) is 5.83. The second-order valence-electron chi connectivity index (χ2n) is 4.95. The molecular weight excluding hydrogens is 343 g/mol. The third-order valence-corrected chi connectivity index (χ3v) is 4.25. The molecule has 0 bridgehead atoms. The smallest absolute Gasteiger partial charge is 0.308 e. The summed E-state index contributed by atoms with van der Waals surface area (Å²) in [4.78, 5) is 12.0. The summed E-state index contributed by atoms with van der Waals surface area (Å²) in [5, 5.41) is 17.9. The maximum absolute atomic E-state index is 12.7. The van der Waals surface area contributed by atoms with E-state index in [2.05, 4.69) is 10.6 Å². The Morgan fingerprint density at radius 3 is 2.67 bits per heavy atom. The Bertz CT molecular complexity index is 731. The highest BCUT2D eigenvalue weighted by atomic mass is 32.1. The lowest BCUT2D eigenvalue weighted by molar-refractivity contribution is -0.137. The molecule has 0 radical (unpaired) electrons. The Balaban J connectivity index is 2.08. The number of nitrogens with zero attached hydrogens (tertiary/aromatic N) is 1. The molecule has 24 heavy (non-hydrogen) atoms. The zero-order chi connectivity index (χ0) is 17.9. The van der Waals surface area contributed by atoms with Crippen LogP contribution in [0.5, 0.6) is 0 Å². The number of carbonyl (C=O) groups is 1. The summed E-state index contributed by atoms with van der Waals surface area (Å²) in [5.74, 6) is 0. The maximum Gasteiger partial charge on any atom is 0.416 e. The van der Waals surface area contributed by atoms with Crippen LogP contribution in [-0.2, 0) is 6.18 Å². The van der Waals surface area contributed by atoms with Crippen LogP contribution in [0, 0.1) is 6.92 Å². The SMILES string of the molecule is CCN(O)c1csc(NC(=O)Nc2cccc(C(F)(F)F)c2)c1C. The highest BCUT2D eigenvalue weighted by molar-refractivity contribution is 7.15. The number of halogens is 3. The summed E-state index contributed by atoms with van der Waals surface area (Å²) in [5.41, 5.74) is 0.434. The van der Waals surface area contributed by atoms with Crippen molar-refractivity contribution in [3.05, 3.63) is 40.8 Å². The molecular formula is C15H16F3N3O2S. The van der Waals surface area contributed by atoms with Gasteiger partial charge in [0.15, 0.2) is 0 Å². The molecule has 0 aliphatic heterocycles. The van der Waals surface area contributed by atoms with E-state index in [0.717, 1.165) is 17.2 Å². The van der Waals surface area contributed by atoms with Crippen LogP contribution in [0.2, 0.25) is 0 Å². The van der Waals surface area contributed by atoms with E-state index in [0.29, 0.717) is 22.8 Å². The van der Waals surface area contributed by atoms with Gasteiger partial charge in [0.05, 0.1) is 11.3 Å². The Kier molecular flexibility index (Phi) is 5.35. The molecule has 130 valence electrons. The minimum Gasteiger partial charge on any atom is -0.308 e. The number of thiophene rings is 1. The Morgan fingerprint density at radius 2 is 2.04 bits per heavy atom. The third-order valence-electron chi connectivity index (χ3n) is 3.27. The van der Waals surface area contributed by atoms with Gasteiger partial charge in [0.25, 0.3) is 0 Å². The average molecular weight is 359 g/mol. The number of hydrogen-bond acceptors (Lipinski definition) is 4. The van der Waals surface area contributed by atoms with Crippen molar-refractivity contribution in [1.29, 1.82) is 0 Å². The average Bonchev–Trinajstić information content (AvgIpc) is 2.87. The monoisotopic (exact) mass is 359 g/mol. The molecule has 0 spiro atoms. The summed E-state index contributed by atoms with van der Waals surface area (Å²) in [6, 6.07) is 3.72. The molecule has 2 rings (SSSR count). The zero-order valence-corrected chi connectivity index (χ0v) is 13.8. The molecule has 0 unspecified atom stereocenters. The maximum atomic E-state index is 12.7. The lowest BCUT2D eigenvalue weighted by atomic mass is 10.2. The van der Waals surface area contributed by atoms with Crippen molar-refractivity contribution in [1.82, 2.24) is 0 Å². The van der Waals surface area contributed by atoms with E-state index in [1.54, 1.807) is 19.2 Å². The summed E-state index contributed by atoms with van der Waals surface area (Å²) in [6.07, 6.45) is -4.47. The summed E-state index contributed by atoms with van der Waals surface area (Å²) < 4.78 is 38.0. The number of amides is 2. The van der Waals surface area contributed by atoms with Gasteiger partial charge in [-0.2, -0.15) is 13.2 Å². The van der Waals surface area contributed by atoms with E-state index in [1.807, 2.05) is 0 Å². The zero-order valence-electron chi connectivity index (χ0n) is 12.9. The number of carbonyl (C=O) groups excluding carboxylic acids is 1. The standard InChI is InChI=1S/C15H16F3N3O2S/c1-3-21(23)12-8-24-13(9(12)2)20-14(22)19-11-6-4-5-10(7-11)15(16,17)18/h4-8,23H,3H2,1-2H3,(H2,19,20,22). The second kappa shape index (κ2) is 7.10.